The summed E-state index contributed by atoms with van der Waals surface area (Å²) in [7, 11) is 1.73. The summed E-state index contributed by atoms with van der Waals surface area (Å²) in [6, 6.07) is 7.05. The second-order valence-corrected chi connectivity index (χ2v) is 3.59. The number of carbonyl (C=O) groups is 1. The number of rotatable bonds is 3. The number of hydrogen-bond donors (Lipinski definition) is 2. The van der Waals surface area contributed by atoms with Crippen LogP contribution in [0, 0.1) is 0 Å². The fourth-order valence-electron chi connectivity index (χ4n) is 1.24. The van der Waals surface area contributed by atoms with Crippen molar-refractivity contribution in [2.24, 2.45) is 5.73 Å². The highest BCUT2D eigenvalue weighted by atomic mass is 16.2. The van der Waals surface area contributed by atoms with E-state index >= 15 is 0 Å². The van der Waals surface area contributed by atoms with Gasteiger partial charge in [-0.3, -0.25) is 4.79 Å². The molecule has 4 nitrogen and oxygen atoms in total. The van der Waals surface area contributed by atoms with Crippen LogP contribution in [0.5, 0.6) is 0 Å². The zero-order valence-electron chi connectivity index (χ0n) is 9.10. The number of para-hydroxylation sites is 1. The van der Waals surface area contributed by atoms with Gasteiger partial charge in [-0.05, 0) is 19.1 Å². The highest BCUT2D eigenvalue weighted by Gasteiger charge is 2.17. The van der Waals surface area contributed by atoms with Crippen molar-refractivity contribution in [3.05, 3.63) is 29.8 Å². The molecule has 1 atom stereocenters. The predicted octanol–water partition coefficient (Wildman–Crippen LogP) is 0.688. The summed E-state index contributed by atoms with van der Waals surface area (Å²) in [6.45, 7) is 2.34. The first-order valence-corrected chi connectivity index (χ1v) is 4.89. The van der Waals surface area contributed by atoms with Crippen LogP contribution in [0.4, 0.5) is 5.69 Å². The maximum absolute atomic E-state index is 12.0. The molecule has 0 saturated heterocycles. The molecule has 0 radical (unpaired) electrons. The summed E-state index contributed by atoms with van der Waals surface area (Å²) in [4.78, 5) is 13.6. The lowest BCUT2D eigenvalue weighted by molar-refractivity contribution is 0.0749. The predicted molar refractivity (Wildman–Crippen MR) is 61.5 cm³/mol. The second kappa shape index (κ2) is 4.79. The molecule has 0 aliphatic carbocycles. The number of amides is 1. The van der Waals surface area contributed by atoms with Gasteiger partial charge in [0.25, 0.3) is 5.91 Å². The zero-order chi connectivity index (χ0) is 11.4. The van der Waals surface area contributed by atoms with Crippen LogP contribution in [0.1, 0.15) is 17.3 Å². The molecule has 0 fully saturated rings. The summed E-state index contributed by atoms with van der Waals surface area (Å²) >= 11 is 0. The molecule has 1 aromatic rings. The Morgan fingerprint density at radius 3 is 2.60 bits per heavy atom. The molecular weight excluding hydrogens is 190 g/mol. The molecule has 15 heavy (non-hydrogen) atoms. The third-order valence-electron chi connectivity index (χ3n) is 2.51. The molecular formula is C11H17N3O. The quantitative estimate of drug-likeness (QED) is 0.716. The summed E-state index contributed by atoms with van der Waals surface area (Å²) in [6.07, 6.45) is 0. The molecule has 0 heterocycles. The number of nitrogens with two attached hydrogens (primary N) is 2. The Bertz CT molecular complexity index is 351. The van der Waals surface area contributed by atoms with E-state index in [1.165, 1.54) is 0 Å². The van der Waals surface area contributed by atoms with Crippen molar-refractivity contribution in [1.82, 2.24) is 4.90 Å². The van der Waals surface area contributed by atoms with Crippen LogP contribution in [-0.2, 0) is 0 Å². The van der Waals surface area contributed by atoms with Gasteiger partial charge >= 0.3 is 0 Å². The summed E-state index contributed by atoms with van der Waals surface area (Å²) in [5, 5.41) is 0. The molecule has 0 aliphatic rings. The van der Waals surface area contributed by atoms with Crippen LogP contribution in [0.3, 0.4) is 0 Å². The van der Waals surface area contributed by atoms with Gasteiger partial charge in [-0.1, -0.05) is 12.1 Å². The van der Waals surface area contributed by atoms with Gasteiger partial charge in [0.2, 0.25) is 0 Å². The summed E-state index contributed by atoms with van der Waals surface area (Å²) in [5.41, 5.74) is 12.3. The van der Waals surface area contributed by atoms with Crippen LogP contribution in [0.25, 0.3) is 0 Å². The van der Waals surface area contributed by atoms with Crippen molar-refractivity contribution < 1.29 is 4.79 Å². The summed E-state index contributed by atoms with van der Waals surface area (Å²) < 4.78 is 0. The van der Waals surface area contributed by atoms with Crippen molar-refractivity contribution >= 4 is 11.6 Å². The number of carbonyl (C=O) groups excluding carboxylic acids is 1. The topological polar surface area (TPSA) is 72.3 Å². The van der Waals surface area contributed by atoms with Gasteiger partial charge in [0.15, 0.2) is 0 Å². The third-order valence-corrected chi connectivity index (χ3v) is 2.51. The van der Waals surface area contributed by atoms with Crippen molar-refractivity contribution in [1.29, 1.82) is 0 Å². The van der Waals surface area contributed by atoms with Crippen LogP contribution in [-0.4, -0.2) is 30.4 Å². The second-order valence-electron chi connectivity index (χ2n) is 3.59. The minimum Gasteiger partial charge on any atom is -0.398 e. The van der Waals surface area contributed by atoms with E-state index in [9.17, 15) is 4.79 Å². The lowest BCUT2D eigenvalue weighted by atomic mass is 10.1. The van der Waals surface area contributed by atoms with Crippen molar-refractivity contribution in [2.45, 2.75) is 13.0 Å². The molecule has 1 amide bonds. The van der Waals surface area contributed by atoms with Crippen LogP contribution < -0.4 is 11.5 Å². The summed E-state index contributed by atoms with van der Waals surface area (Å²) in [5.74, 6) is -0.0916. The van der Waals surface area contributed by atoms with E-state index in [1.54, 1.807) is 36.2 Å². The number of anilines is 1. The highest BCUT2D eigenvalue weighted by Crippen LogP contribution is 2.13. The standard InChI is InChI=1S/C11H17N3O/c1-8(7-12)14(2)11(15)9-5-3-4-6-10(9)13/h3-6,8H,7,12-13H2,1-2H3. The molecule has 1 rings (SSSR count). The van der Waals surface area contributed by atoms with Gasteiger partial charge in [-0.2, -0.15) is 0 Å². The number of nitrogens with zero attached hydrogens (tertiary/aromatic N) is 1. The van der Waals surface area contributed by atoms with Gasteiger partial charge in [0.05, 0.1) is 5.56 Å². The molecule has 82 valence electrons. The molecule has 0 spiro atoms. The molecule has 1 unspecified atom stereocenters. The van der Waals surface area contributed by atoms with Gasteiger partial charge in [-0.15, -0.1) is 0 Å². The van der Waals surface area contributed by atoms with E-state index in [2.05, 4.69) is 0 Å². The SMILES string of the molecule is CC(CN)N(C)C(=O)c1ccccc1N. The van der Waals surface area contributed by atoms with Crippen LogP contribution in [0.15, 0.2) is 24.3 Å². The van der Waals surface area contributed by atoms with Crippen molar-refractivity contribution in [3.63, 3.8) is 0 Å². The lowest BCUT2D eigenvalue weighted by Gasteiger charge is -2.24. The van der Waals surface area contributed by atoms with Gasteiger partial charge in [0.1, 0.15) is 0 Å². The number of nitrogen functional groups attached to an aromatic ring is 1. The monoisotopic (exact) mass is 207 g/mol. The van der Waals surface area contributed by atoms with Crippen LogP contribution >= 0.6 is 0 Å². The maximum atomic E-state index is 12.0. The minimum atomic E-state index is -0.0916. The van der Waals surface area contributed by atoms with E-state index < -0.39 is 0 Å². The highest BCUT2D eigenvalue weighted by molar-refractivity contribution is 5.99. The van der Waals surface area contributed by atoms with Crippen molar-refractivity contribution in [3.8, 4) is 0 Å². The van der Waals surface area contributed by atoms with Gasteiger partial charge in [0, 0.05) is 25.3 Å². The normalized spacial score (nSPS) is 12.2. The lowest BCUT2D eigenvalue weighted by Crippen LogP contribution is -2.39. The fraction of sp³-hybridized carbons (Fsp3) is 0.364. The Balaban J connectivity index is 2.90. The number of benzene rings is 1. The number of hydrogen-bond acceptors (Lipinski definition) is 3. The molecule has 0 aromatic heterocycles. The average Bonchev–Trinajstić information content (AvgIpc) is 2.26. The minimum absolute atomic E-state index is 0.0112. The number of likely N-dealkylation sites (N-methyl/N-ethyl adjacent to an activating group) is 1. The Labute approximate surface area is 89.9 Å². The molecule has 0 aliphatic heterocycles. The van der Waals surface area contributed by atoms with Crippen LogP contribution in [0.2, 0.25) is 0 Å². The van der Waals surface area contributed by atoms with E-state index in [1.807, 2.05) is 6.92 Å². The average molecular weight is 207 g/mol. The van der Waals surface area contributed by atoms with E-state index in [4.69, 9.17) is 11.5 Å². The Hall–Kier alpha value is -1.55. The van der Waals surface area contributed by atoms with E-state index in [0.717, 1.165) is 0 Å². The zero-order valence-corrected chi connectivity index (χ0v) is 9.10. The Morgan fingerprint density at radius 2 is 2.07 bits per heavy atom. The smallest absolute Gasteiger partial charge is 0.255 e. The first kappa shape index (κ1) is 11.5. The molecule has 4 heteroatoms. The molecule has 0 bridgehead atoms. The van der Waals surface area contributed by atoms with E-state index in [-0.39, 0.29) is 11.9 Å². The van der Waals surface area contributed by atoms with Gasteiger partial charge in [-0.25, -0.2) is 0 Å². The van der Waals surface area contributed by atoms with Crippen molar-refractivity contribution in [2.75, 3.05) is 19.3 Å². The third kappa shape index (κ3) is 2.47. The first-order chi connectivity index (χ1) is 7.07. The molecule has 0 saturated carbocycles. The Kier molecular flexibility index (Phi) is 3.68. The molecule has 1 aromatic carbocycles. The fourth-order valence-corrected chi connectivity index (χ4v) is 1.24. The Morgan fingerprint density at radius 1 is 1.47 bits per heavy atom. The largest absolute Gasteiger partial charge is 0.398 e. The van der Waals surface area contributed by atoms with E-state index in [0.29, 0.717) is 17.8 Å². The maximum Gasteiger partial charge on any atom is 0.255 e. The molecule has 4 N–H and O–H groups in total. The first-order valence-electron chi connectivity index (χ1n) is 4.89. The van der Waals surface area contributed by atoms with Gasteiger partial charge < -0.3 is 16.4 Å².